The lowest BCUT2D eigenvalue weighted by atomic mass is 9.66. The fraction of sp³-hybridized carbons (Fsp3) is 0.0625. The Morgan fingerprint density at radius 2 is 0.686 bits per heavy atom. The van der Waals surface area contributed by atoms with Gasteiger partial charge in [0.25, 0.3) is 0 Å². The monoisotopic (exact) mass is 454 g/mol. The van der Waals surface area contributed by atoms with E-state index in [1.807, 2.05) is 97.1 Å². The molecule has 168 valence electrons. The third-order valence-corrected chi connectivity index (χ3v) is 6.75. The molecule has 1 aliphatic heterocycles. The fourth-order valence-corrected chi connectivity index (χ4v) is 5.34. The van der Waals surface area contributed by atoms with Crippen molar-refractivity contribution in [3.8, 4) is 0 Å². The summed E-state index contributed by atoms with van der Waals surface area (Å²) in [5, 5.41) is 0. The van der Waals surface area contributed by atoms with Crippen LogP contribution in [0.1, 0.15) is 22.3 Å². The maximum atomic E-state index is 13.3. The lowest BCUT2D eigenvalue weighted by Gasteiger charge is -2.33. The van der Waals surface area contributed by atoms with Crippen LogP contribution in [0, 0.1) is 11.8 Å². The molecule has 4 aromatic carbocycles. The van der Waals surface area contributed by atoms with Crippen molar-refractivity contribution in [1.82, 2.24) is 0 Å². The van der Waals surface area contributed by atoms with E-state index >= 15 is 0 Å². The normalized spacial score (nSPS) is 19.5. The van der Waals surface area contributed by atoms with E-state index in [1.54, 1.807) is 0 Å². The minimum atomic E-state index is -0.720. The first-order valence-electron chi connectivity index (χ1n) is 11.7. The van der Waals surface area contributed by atoms with E-state index < -0.39 is 23.8 Å². The average molecular weight is 455 g/mol. The highest BCUT2D eigenvalue weighted by Crippen LogP contribution is 2.56. The van der Waals surface area contributed by atoms with Crippen LogP contribution >= 0.6 is 0 Å². The Kier molecular flexibility index (Phi) is 5.23. The molecule has 0 spiro atoms. The smallest absolute Gasteiger partial charge is 0.322 e. The maximum Gasteiger partial charge on any atom is 0.322 e. The predicted octanol–water partition coefficient (Wildman–Crippen LogP) is 6.54. The summed E-state index contributed by atoms with van der Waals surface area (Å²) in [5.41, 5.74) is 7.37. The molecule has 3 nitrogen and oxygen atoms in total. The SMILES string of the molecule is O=C1OC(=O)[C@@H]2C(c3ccccc3)=C(c3ccccc3)C(c3ccccc3)=C(c3ccccc3)[C@@H]12. The minimum Gasteiger partial charge on any atom is -0.392 e. The highest BCUT2D eigenvalue weighted by Gasteiger charge is 2.53. The molecule has 3 heteroatoms. The standard InChI is InChI=1S/C32H22O3/c33-31-29-27(23-17-9-3-10-18-23)25(21-13-5-1-6-14-21)26(22-15-7-2-8-16-22)28(30(29)32(34)35-31)24-19-11-4-12-20-24/h1-20,29-30H/t29-,30-/m1/s1. The van der Waals surface area contributed by atoms with Gasteiger partial charge in [0.2, 0.25) is 0 Å². The van der Waals surface area contributed by atoms with E-state index in [2.05, 4.69) is 24.3 Å². The van der Waals surface area contributed by atoms with Gasteiger partial charge < -0.3 is 4.74 Å². The van der Waals surface area contributed by atoms with Gasteiger partial charge in [-0.15, -0.1) is 0 Å². The quantitative estimate of drug-likeness (QED) is 0.260. The van der Waals surface area contributed by atoms with Crippen molar-refractivity contribution < 1.29 is 14.3 Å². The largest absolute Gasteiger partial charge is 0.392 e. The van der Waals surface area contributed by atoms with Crippen LogP contribution in [0.3, 0.4) is 0 Å². The Labute approximate surface area is 204 Å². The molecule has 0 aromatic heterocycles. The van der Waals surface area contributed by atoms with Crippen LogP contribution in [-0.4, -0.2) is 11.9 Å². The molecule has 0 amide bonds. The van der Waals surface area contributed by atoms with Crippen molar-refractivity contribution in [2.45, 2.75) is 0 Å². The van der Waals surface area contributed by atoms with Gasteiger partial charge in [-0.2, -0.15) is 0 Å². The second-order valence-electron chi connectivity index (χ2n) is 8.74. The number of carbonyl (C=O) groups is 2. The van der Waals surface area contributed by atoms with Crippen LogP contribution in [0.15, 0.2) is 121 Å². The van der Waals surface area contributed by atoms with Crippen molar-refractivity contribution in [2.24, 2.45) is 11.8 Å². The van der Waals surface area contributed by atoms with E-state index in [0.717, 1.165) is 44.5 Å². The van der Waals surface area contributed by atoms with Crippen LogP contribution in [0.5, 0.6) is 0 Å². The van der Waals surface area contributed by atoms with Crippen LogP contribution in [0.2, 0.25) is 0 Å². The van der Waals surface area contributed by atoms with Gasteiger partial charge in [0.15, 0.2) is 0 Å². The summed E-state index contributed by atoms with van der Waals surface area (Å²) in [4.78, 5) is 26.6. The molecule has 2 aliphatic rings. The number of esters is 2. The predicted molar refractivity (Wildman–Crippen MR) is 137 cm³/mol. The van der Waals surface area contributed by atoms with E-state index in [0.29, 0.717) is 0 Å². The van der Waals surface area contributed by atoms with Crippen LogP contribution in [-0.2, 0) is 14.3 Å². The summed E-state index contributed by atoms with van der Waals surface area (Å²) in [6.07, 6.45) is 0. The summed E-state index contributed by atoms with van der Waals surface area (Å²) in [6.45, 7) is 0. The number of benzene rings is 4. The molecule has 0 bridgehead atoms. The second kappa shape index (κ2) is 8.69. The first-order valence-corrected chi connectivity index (χ1v) is 11.7. The molecule has 1 fully saturated rings. The molecule has 1 saturated heterocycles. The summed E-state index contributed by atoms with van der Waals surface area (Å²) in [6, 6.07) is 40.0. The Morgan fingerprint density at radius 3 is 1.00 bits per heavy atom. The van der Waals surface area contributed by atoms with Gasteiger partial charge in [-0.3, -0.25) is 9.59 Å². The highest BCUT2D eigenvalue weighted by atomic mass is 16.6. The number of hydrogen-bond donors (Lipinski definition) is 0. The van der Waals surface area contributed by atoms with Crippen molar-refractivity contribution >= 4 is 34.2 Å². The average Bonchev–Trinajstić information content (AvgIpc) is 3.22. The number of rotatable bonds is 4. The highest BCUT2D eigenvalue weighted by molar-refractivity contribution is 6.30. The molecule has 0 N–H and O–H groups in total. The number of ether oxygens (including phenoxy) is 1. The second-order valence-corrected chi connectivity index (χ2v) is 8.74. The van der Waals surface area contributed by atoms with Crippen LogP contribution in [0.4, 0.5) is 0 Å². The first kappa shape index (κ1) is 21.1. The van der Waals surface area contributed by atoms with Crippen LogP contribution < -0.4 is 0 Å². The number of fused-ring (bicyclic) bond motifs is 1. The van der Waals surface area contributed by atoms with Crippen molar-refractivity contribution in [2.75, 3.05) is 0 Å². The summed E-state index contributed by atoms with van der Waals surface area (Å²) < 4.78 is 5.33. The number of hydrogen-bond acceptors (Lipinski definition) is 3. The Balaban J connectivity index is 1.81. The van der Waals surface area contributed by atoms with E-state index in [1.165, 1.54) is 0 Å². The summed E-state index contributed by atoms with van der Waals surface area (Å²) >= 11 is 0. The zero-order chi connectivity index (χ0) is 23.8. The molecule has 0 unspecified atom stereocenters. The van der Waals surface area contributed by atoms with Gasteiger partial charge in [-0.25, -0.2) is 0 Å². The van der Waals surface area contributed by atoms with Gasteiger partial charge >= 0.3 is 11.9 Å². The van der Waals surface area contributed by atoms with Gasteiger partial charge in [0.1, 0.15) is 11.8 Å². The zero-order valence-corrected chi connectivity index (χ0v) is 18.9. The van der Waals surface area contributed by atoms with Gasteiger partial charge in [-0.1, -0.05) is 121 Å². The molecule has 6 rings (SSSR count). The minimum absolute atomic E-state index is 0.493. The molecule has 4 aromatic rings. The Morgan fingerprint density at radius 1 is 0.400 bits per heavy atom. The lowest BCUT2D eigenvalue weighted by Crippen LogP contribution is -2.26. The van der Waals surface area contributed by atoms with Gasteiger partial charge in [0, 0.05) is 0 Å². The molecule has 35 heavy (non-hydrogen) atoms. The van der Waals surface area contributed by atoms with Gasteiger partial charge in [0.05, 0.1) is 0 Å². The Bertz CT molecular complexity index is 1350. The van der Waals surface area contributed by atoms with Crippen LogP contribution in [0.25, 0.3) is 22.3 Å². The maximum absolute atomic E-state index is 13.3. The molecule has 1 aliphatic carbocycles. The summed E-state index contributed by atoms with van der Waals surface area (Å²) in [5.74, 6) is -2.42. The Hall–Kier alpha value is -4.50. The molecule has 2 atom stereocenters. The van der Waals surface area contributed by atoms with Crippen molar-refractivity contribution in [3.63, 3.8) is 0 Å². The zero-order valence-electron chi connectivity index (χ0n) is 18.9. The molecule has 0 saturated carbocycles. The molecular formula is C32H22O3. The molecule has 0 radical (unpaired) electrons. The third-order valence-electron chi connectivity index (χ3n) is 6.75. The van der Waals surface area contributed by atoms with Gasteiger partial charge in [-0.05, 0) is 44.5 Å². The molecular weight excluding hydrogens is 432 g/mol. The van der Waals surface area contributed by atoms with E-state index in [-0.39, 0.29) is 0 Å². The van der Waals surface area contributed by atoms with E-state index in [4.69, 9.17) is 4.74 Å². The summed E-state index contributed by atoms with van der Waals surface area (Å²) in [7, 11) is 0. The fourth-order valence-electron chi connectivity index (χ4n) is 5.34. The van der Waals surface area contributed by atoms with E-state index in [9.17, 15) is 9.59 Å². The number of carbonyl (C=O) groups excluding carboxylic acids is 2. The third kappa shape index (κ3) is 3.53. The molecule has 1 heterocycles. The van der Waals surface area contributed by atoms with Crippen molar-refractivity contribution in [1.29, 1.82) is 0 Å². The first-order chi connectivity index (χ1) is 17.2. The van der Waals surface area contributed by atoms with Crippen molar-refractivity contribution in [3.05, 3.63) is 144 Å². The number of allylic oxidation sites excluding steroid dienone is 2. The topological polar surface area (TPSA) is 43.4 Å². The lowest BCUT2D eigenvalue weighted by molar-refractivity contribution is -0.153. The number of cyclic esters (lactones) is 2.